The molecular formula is H9AlN5O3. The van der Waals surface area contributed by atoms with Crippen molar-refractivity contribution in [1.29, 1.82) is 0 Å². The lowest BCUT2D eigenvalue weighted by atomic mass is 13.0. The van der Waals surface area contributed by atoms with Crippen molar-refractivity contribution < 1.29 is 10.3 Å². The van der Waals surface area contributed by atoms with Crippen LogP contribution in [0.4, 0.5) is 0 Å². The van der Waals surface area contributed by atoms with Gasteiger partial charge in [-0.1, -0.05) is 0 Å². The minimum Gasteiger partial charge on any atom is -0.328 e. The molecule has 0 aliphatic heterocycles. The Hall–Kier alpha value is -0.428. The number of hydrazine groups is 2. The second-order valence-corrected chi connectivity index (χ2v) is 0.238. The van der Waals surface area contributed by atoms with Crippen molar-refractivity contribution in [1.82, 2.24) is 0 Å². The molecule has 9 N–H and O–H groups in total. The van der Waals surface area contributed by atoms with E-state index in [0.29, 0.717) is 0 Å². The molecule has 0 aromatic rings. The molecule has 0 aromatic carbocycles. The number of hydrogen-bond acceptors (Lipinski definition) is 6. The summed E-state index contributed by atoms with van der Waals surface area (Å²) in [5, 5.41) is 13.6. The molecule has 0 bridgehead atoms. The Morgan fingerprint density at radius 3 is 1.22 bits per heavy atom. The molecule has 0 aliphatic rings. The highest BCUT2D eigenvalue weighted by Crippen LogP contribution is 1.38. The molecule has 55 valence electrons. The Morgan fingerprint density at radius 1 is 1.22 bits per heavy atom. The first-order valence-electron chi connectivity index (χ1n) is 1.23. The van der Waals surface area contributed by atoms with Crippen molar-refractivity contribution in [2.45, 2.75) is 0 Å². The molecule has 0 rings (SSSR count). The van der Waals surface area contributed by atoms with Crippen LogP contribution < -0.4 is 23.4 Å². The van der Waals surface area contributed by atoms with E-state index in [1.807, 2.05) is 0 Å². The molecule has 0 unspecified atom stereocenters. The maximum atomic E-state index is 8.36. The third-order valence-electron chi connectivity index (χ3n) is 0. The highest BCUT2D eigenvalue weighted by atomic mass is 27.0. The zero-order chi connectivity index (χ0) is 7.58. The average Bonchev–Trinajstić information content (AvgIpc) is 1.75. The van der Waals surface area contributed by atoms with Gasteiger partial charge >= 0.3 is 0 Å². The van der Waals surface area contributed by atoms with Gasteiger partial charge in [0.25, 0.3) is 5.09 Å². The molecule has 0 saturated heterocycles. The maximum Gasteiger partial charge on any atom is 0.291 e. The predicted octanol–water partition coefficient (Wildman–Crippen LogP) is -3.09. The average molecular weight is 154 g/mol. The van der Waals surface area contributed by atoms with Crippen molar-refractivity contribution >= 4 is 17.4 Å². The summed E-state index contributed by atoms with van der Waals surface area (Å²) in [6.45, 7) is 0. The molecule has 3 radical (unpaired) electrons. The number of nitrogens with two attached hydrogens (primary N) is 4. The van der Waals surface area contributed by atoms with Crippen molar-refractivity contribution in [3.8, 4) is 0 Å². The molecule has 9 heteroatoms. The quantitative estimate of drug-likeness (QED) is 0.106. The van der Waals surface area contributed by atoms with Crippen molar-refractivity contribution in [3.63, 3.8) is 0 Å². The van der Waals surface area contributed by atoms with Gasteiger partial charge in [-0.2, -0.15) is 0 Å². The standard InChI is InChI=1S/Al.2H4N2.HNO3/c;2*1-2;2-1(3)4/h;2*1-2H2;(H,2,3,4). The van der Waals surface area contributed by atoms with Crippen LogP contribution in [0.5, 0.6) is 0 Å². The SMILES string of the molecule is NN.NN.O=[N+]([O-])O.[Al]. The van der Waals surface area contributed by atoms with E-state index < -0.39 is 5.09 Å². The van der Waals surface area contributed by atoms with Crippen LogP contribution in [0.3, 0.4) is 0 Å². The molecule has 8 nitrogen and oxygen atoms in total. The monoisotopic (exact) mass is 154 g/mol. The van der Waals surface area contributed by atoms with E-state index in [1.54, 1.807) is 0 Å². The van der Waals surface area contributed by atoms with Crippen LogP contribution in [-0.2, 0) is 0 Å². The number of nitrogens with zero attached hydrogens (tertiary/aromatic N) is 1. The Balaban J connectivity index is -0.0000000221. The molecule has 0 aromatic heterocycles. The van der Waals surface area contributed by atoms with Crippen molar-refractivity contribution in [3.05, 3.63) is 10.1 Å². The van der Waals surface area contributed by atoms with Gasteiger partial charge in [0.2, 0.25) is 0 Å². The third-order valence-corrected chi connectivity index (χ3v) is 0. The van der Waals surface area contributed by atoms with Gasteiger partial charge in [-0.25, -0.2) is 0 Å². The Bertz CT molecular complexity index is 35.2. The molecule has 0 spiro atoms. The van der Waals surface area contributed by atoms with Crippen LogP contribution in [0.2, 0.25) is 0 Å². The van der Waals surface area contributed by atoms with Crippen molar-refractivity contribution in [2.24, 2.45) is 23.4 Å². The van der Waals surface area contributed by atoms with Crippen LogP contribution in [0.25, 0.3) is 0 Å². The molecule has 0 saturated carbocycles. The van der Waals surface area contributed by atoms with Crippen molar-refractivity contribution in [2.75, 3.05) is 0 Å². The van der Waals surface area contributed by atoms with E-state index in [1.165, 1.54) is 0 Å². The minimum atomic E-state index is -1.50. The van der Waals surface area contributed by atoms with Gasteiger partial charge in [-0.05, 0) is 0 Å². The van der Waals surface area contributed by atoms with E-state index in [-0.39, 0.29) is 17.4 Å². The summed E-state index contributed by atoms with van der Waals surface area (Å²) in [5.74, 6) is 16.0. The first-order chi connectivity index (χ1) is 3.73. The van der Waals surface area contributed by atoms with Crippen LogP contribution in [0.1, 0.15) is 0 Å². The number of hydrogen-bond donors (Lipinski definition) is 5. The first-order valence-corrected chi connectivity index (χ1v) is 1.23. The Labute approximate surface area is 62.0 Å². The smallest absolute Gasteiger partial charge is 0.291 e. The largest absolute Gasteiger partial charge is 0.328 e. The lowest BCUT2D eigenvalue weighted by Gasteiger charge is -1.56. The molecular weight excluding hydrogens is 145 g/mol. The molecule has 0 aliphatic carbocycles. The summed E-state index contributed by atoms with van der Waals surface area (Å²) in [4.78, 5) is 8.36. The van der Waals surface area contributed by atoms with Crippen LogP contribution in [0.15, 0.2) is 0 Å². The van der Waals surface area contributed by atoms with Gasteiger partial charge < -0.3 is 5.21 Å². The van der Waals surface area contributed by atoms with Crippen LogP contribution >= 0.6 is 0 Å². The molecule has 0 amide bonds. The van der Waals surface area contributed by atoms with E-state index in [9.17, 15) is 0 Å². The normalized spacial score (nSPS) is 4.00. The van der Waals surface area contributed by atoms with Gasteiger partial charge in [0.1, 0.15) is 0 Å². The second-order valence-electron chi connectivity index (χ2n) is 0.238. The molecule has 0 fully saturated rings. The fourth-order valence-corrected chi connectivity index (χ4v) is 0. The van der Waals surface area contributed by atoms with Gasteiger partial charge in [0.05, 0.1) is 0 Å². The summed E-state index contributed by atoms with van der Waals surface area (Å²) in [6, 6.07) is 0. The Kier molecular flexibility index (Phi) is 129. The topological polar surface area (TPSA) is 167 Å². The fraction of sp³-hybridized carbons (Fsp3) is 0. The Morgan fingerprint density at radius 2 is 1.22 bits per heavy atom. The zero-order valence-electron chi connectivity index (χ0n) is 4.60. The summed E-state index contributed by atoms with van der Waals surface area (Å²) < 4.78 is 0. The predicted molar refractivity (Wildman–Crippen MR) is 31.3 cm³/mol. The molecule has 9 heavy (non-hydrogen) atoms. The molecule has 0 heterocycles. The minimum absolute atomic E-state index is 0. The molecule has 0 atom stereocenters. The van der Waals surface area contributed by atoms with Gasteiger partial charge in [0.15, 0.2) is 0 Å². The van der Waals surface area contributed by atoms with Gasteiger partial charge in [-0.15, -0.1) is 10.1 Å². The lowest BCUT2D eigenvalue weighted by molar-refractivity contribution is -0.742. The lowest BCUT2D eigenvalue weighted by Crippen LogP contribution is -2.02. The summed E-state index contributed by atoms with van der Waals surface area (Å²) in [5.41, 5.74) is 0. The van der Waals surface area contributed by atoms with E-state index in [2.05, 4.69) is 23.4 Å². The van der Waals surface area contributed by atoms with Gasteiger partial charge in [-0.3, -0.25) is 23.4 Å². The van der Waals surface area contributed by atoms with Gasteiger partial charge in [0, 0.05) is 17.4 Å². The van der Waals surface area contributed by atoms with E-state index in [0.717, 1.165) is 0 Å². The fourth-order valence-electron chi connectivity index (χ4n) is 0. The third kappa shape index (κ3) is 1290. The van der Waals surface area contributed by atoms with Crippen LogP contribution in [-0.4, -0.2) is 27.7 Å². The maximum absolute atomic E-state index is 8.36. The summed E-state index contributed by atoms with van der Waals surface area (Å²) >= 11 is 0. The summed E-state index contributed by atoms with van der Waals surface area (Å²) in [6.07, 6.45) is 0. The summed E-state index contributed by atoms with van der Waals surface area (Å²) in [7, 11) is 0. The highest BCUT2D eigenvalue weighted by Gasteiger charge is 1.65. The highest BCUT2D eigenvalue weighted by molar-refractivity contribution is 5.75. The van der Waals surface area contributed by atoms with Crippen LogP contribution in [0, 0.1) is 10.1 Å². The number of rotatable bonds is 0. The first kappa shape index (κ1) is 23.5. The van der Waals surface area contributed by atoms with E-state index >= 15 is 0 Å². The second kappa shape index (κ2) is 49.4. The zero-order valence-corrected chi connectivity index (χ0v) is 5.75. The van der Waals surface area contributed by atoms with E-state index in [4.69, 9.17) is 15.3 Å².